The molecular formula is C12H10O4. The topological polar surface area (TPSA) is 52.6 Å². The molecule has 0 atom stereocenters. The predicted octanol–water partition coefficient (Wildman–Crippen LogP) is 1.61. The van der Waals surface area contributed by atoms with Crippen LogP contribution in [0.2, 0.25) is 0 Å². The van der Waals surface area contributed by atoms with Crippen LogP contribution >= 0.6 is 0 Å². The monoisotopic (exact) mass is 218 g/mol. The largest absolute Gasteiger partial charge is 0.465 e. The number of rotatable bonds is 2. The van der Waals surface area contributed by atoms with E-state index in [-0.39, 0.29) is 11.1 Å². The van der Waals surface area contributed by atoms with Crippen LogP contribution in [-0.4, -0.2) is 19.0 Å². The maximum absolute atomic E-state index is 11.5. The first-order valence-electron chi connectivity index (χ1n) is 4.51. The quantitative estimate of drug-likeness (QED) is 0.559. The van der Waals surface area contributed by atoms with Crippen LogP contribution in [-0.2, 0) is 9.47 Å². The van der Waals surface area contributed by atoms with Crippen molar-refractivity contribution in [3.63, 3.8) is 0 Å². The second-order valence-electron chi connectivity index (χ2n) is 2.78. The number of hydrogen-bond acceptors (Lipinski definition) is 4. The molecule has 0 aliphatic rings. The summed E-state index contributed by atoms with van der Waals surface area (Å²) in [5.74, 6) is 1.16. The Balaban J connectivity index is 3.06. The van der Waals surface area contributed by atoms with Crippen LogP contribution in [0.5, 0.6) is 0 Å². The second kappa shape index (κ2) is 5.56. The summed E-state index contributed by atoms with van der Waals surface area (Å²) < 4.78 is 9.15. The van der Waals surface area contributed by atoms with Gasteiger partial charge in [-0.15, -0.1) is 0 Å². The lowest BCUT2D eigenvalue weighted by Gasteiger charge is -2.04. The predicted molar refractivity (Wildman–Crippen MR) is 56.6 cm³/mol. The summed E-state index contributed by atoms with van der Waals surface area (Å²) in [6.07, 6.45) is 2.18. The zero-order chi connectivity index (χ0) is 12.0. The van der Waals surface area contributed by atoms with E-state index in [0.29, 0.717) is 0 Å². The summed E-state index contributed by atoms with van der Waals surface area (Å²) in [5, 5.41) is 0. The molecular weight excluding hydrogens is 208 g/mol. The third kappa shape index (κ3) is 2.61. The molecule has 0 amide bonds. The summed E-state index contributed by atoms with van der Waals surface area (Å²) in [4.78, 5) is 22.9. The van der Waals surface area contributed by atoms with E-state index < -0.39 is 11.9 Å². The van der Waals surface area contributed by atoms with Crippen molar-refractivity contribution in [1.82, 2.24) is 0 Å². The first-order chi connectivity index (χ1) is 7.70. The van der Waals surface area contributed by atoms with Gasteiger partial charge in [0.15, 0.2) is 0 Å². The summed E-state index contributed by atoms with van der Waals surface area (Å²) in [5.41, 5.74) is 0.296. The van der Waals surface area contributed by atoms with E-state index in [2.05, 4.69) is 21.5 Å². The fourth-order valence-corrected chi connectivity index (χ4v) is 1.10. The highest BCUT2D eigenvalue weighted by molar-refractivity contribution is 6.03. The molecule has 4 heteroatoms. The maximum Gasteiger partial charge on any atom is 0.352 e. The van der Waals surface area contributed by atoms with Gasteiger partial charge in [-0.1, -0.05) is 18.1 Å². The lowest BCUT2D eigenvalue weighted by molar-refractivity contribution is 0.0582. The minimum absolute atomic E-state index is 0.136. The molecule has 0 unspecified atom stereocenters. The number of hydrogen-bond donors (Lipinski definition) is 0. The van der Waals surface area contributed by atoms with Gasteiger partial charge in [0.25, 0.3) is 0 Å². The highest BCUT2D eigenvalue weighted by Crippen LogP contribution is 2.11. The standard InChI is InChI=1S/C12H10O4/c1-3-8-16-12(14)10-7-5-4-6-9(10)11(13)15-2/h4-7H,1-2H3. The van der Waals surface area contributed by atoms with Gasteiger partial charge in [-0.05, 0) is 12.1 Å². The molecule has 0 N–H and O–H groups in total. The Morgan fingerprint density at radius 2 is 1.69 bits per heavy atom. The molecule has 1 rings (SSSR count). The third-order valence-corrected chi connectivity index (χ3v) is 1.80. The Kier molecular flexibility index (Phi) is 4.10. The van der Waals surface area contributed by atoms with Crippen LogP contribution in [0, 0.1) is 12.0 Å². The highest BCUT2D eigenvalue weighted by Gasteiger charge is 2.17. The van der Waals surface area contributed by atoms with Crippen LogP contribution in [0.3, 0.4) is 0 Å². The average Bonchev–Trinajstić information content (AvgIpc) is 2.35. The molecule has 1 aromatic rings. The molecule has 0 saturated carbocycles. The summed E-state index contributed by atoms with van der Waals surface area (Å²) in [6, 6.07) is 6.23. The van der Waals surface area contributed by atoms with Gasteiger partial charge >= 0.3 is 11.9 Å². The van der Waals surface area contributed by atoms with Crippen LogP contribution in [0.1, 0.15) is 27.6 Å². The smallest absolute Gasteiger partial charge is 0.352 e. The van der Waals surface area contributed by atoms with Gasteiger partial charge in [-0.3, -0.25) is 0 Å². The zero-order valence-electron chi connectivity index (χ0n) is 8.94. The van der Waals surface area contributed by atoms with Gasteiger partial charge in [-0.25, -0.2) is 9.59 Å². The molecule has 0 spiro atoms. The number of methoxy groups -OCH3 is 1. The van der Waals surface area contributed by atoms with Gasteiger partial charge in [-0.2, -0.15) is 0 Å². The van der Waals surface area contributed by atoms with Crippen LogP contribution in [0.15, 0.2) is 24.3 Å². The molecule has 0 aromatic heterocycles. The van der Waals surface area contributed by atoms with E-state index >= 15 is 0 Å². The van der Waals surface area contributed by atoms with Gasteiger partial charge in [0.2, 0.25) is 0 Å². The van der Waals surface area contributed by atoms with Crippen molar-refractivity contribution in [3.05, 3.63) is 35.4 Å². The fraction of sp³-hybridized carbons (Fsp3) is 0.167. The van der Waals surface area contributed by atoms with E-state index in [1.807, 2.05) is 0 Å². The van der Waals surface area contributed by atoms with Crippen molar-refractivity contribution in [2.24, 2.45) is 0 Å². The second-order valence-corrected chi connectivity index (χ2v) is 2.78. The fourth-order valence-electron chi connectivity index (χ4n) is 1.10. The van der Waals surface area contributed by atoms with Gasteiger partial charge in [0.05, 0.1) is 18.2 Å². The molecule has 16 heavy (non-hydrogen) atoms. The minimum atomic E-state index is -0.671. The lowest BCUT2D eigenvalue weighted by atomic mass is 10.1. The SMILES string of the molecule is CC#COC(=O)c1ccccc1C(=O)OC. The maximum atomic E-state index is 11.5. The van der Waals surface area contributed by atoms with Crippen molar-refractivity contribution in [3.8, 4) is 12.0 Å². The zero-order valence-corrected chi connectivity index (χ0v) is 8.94. The van der Waals surface area contributed by atoms with Crippen LogP contribution in [0.4, 0.5) is 0 Å². The lowest BCUT2D eigenvalue weighted by Crippen LogP contribution is -2.11. The Labute approximate surface area is 93.2 Å². The molecule has 82 valence electrons. The van der Waals surface area contributed by atoms with Crippen molar-refractivity contribution < 1.29 is 19.1 Å². The molecule has 0 bridgehead atoms. The Morgan fingerprint density at radius 1 is 1.12 bits per heavy atom. The van der Waals surface area contributed by atoms with Crippen LogP contribution < -0.4 is 0 Å². The summed E-state index contributed by atoms with van der Waals surface area (Å²) >= 11 is 0. The van der Waals surface area contributed by atoms with E-state index in [9.17, 15) is 9.59 Å². The van der Waals surface area contributed by atoms with E-state index in [4.69, 9.17) is 0 Å². The summed E-state index contributed by atoms with van der Waals surface area (Å²) in [7, 11) is 1.25. The van der Waals surface area contributed by atoms with E-state index in [0.717, 1.165) is 0 Å². The number of ether oxygens (including phenoxy) is 2. The molecule has 4 nitrogen and oxygen atoms in total. The van der Waals surface area contributed by atoms with Crippen molar-refractivity contribution in [1.29, 1.82) is 0 Å². The van der Waals surface area contributed by atoms with Crippen molar-refractivity contribution >= 4 is 11.9 Å². The average molecular weight is 218 g/mol. The van der Waals surface area contributed by atoms with Gasteiger partial charge in [0.1, 0.15) is 6.11 Å². The normalized spacial score (nSPS) is 8.62. The molecule has 0 heterocycles. The molecule has 0 aliphatic carbocycles. The van der Waals surface area contributed by atoms with Gasteiger partial charge in [0, 0.05) is 6.92 Å². The number of carbonyl (C=O) groups is 2. The molecule has 0 fully saturated rings. The number of esters is 2. The Morgan fingerprint density at radius 3 is 2.19 bits per heavy atom. The van der Waals surface area contributed by atoms with E-state index in [1.54, 1.807) is 19.1 Å². The van der Waals surface area contributed by atoms with Crippen LogP contribution in [0.25, 0.3) is 0 Å². The number of carbonyl (C=O) groups excluding carboxylic acids is 2. The Bertz CT molecular complexity index is 465. The Hall–Kier alpha value is -2.28. The molecule has 1 aromatic carbocycles. The first-order valence-corrected chi connectivity index (χ1v) is 4.51. The number of benzene rings is 1. The molecule has 0 saturated heterocycles. The molecule has 0 radical (unpaired) electrons. The van der Waals surface area contributed by atoms with E-state index in [1.165, 1.54) is 19.2 Å². The summed E-state index contributed by atoms with van der Waals surface area (Å²) in [6.45, 7) is 1.54. The van der Waals surface area contributed by atoms with Crippen molar-refractivity contribution in [2.45, 2.75) is 6.92 Å². The minimum Gasteiger partial charge on any atom is -0.465 e. The third-order valence-electron chi connectivity index (χ3n) is 1.80. The first kappa shape index (κ1) is 11.8. The molecule has 0 aliphatic heterocycles. The van der Waals surface area contributed by atoms with Crippen molar-refractivity contribution in [2.75, 3.05) is 7.11 Å². The highest BCUT2D eigenvalue weighted by atomic mass is 16.5. The van der Waals surface area contributed by atoms with Gasteiger partial charge < -0.3 is 9.47 Å².